The first-order valence-electron chi connectivity index (χ1n) is 6.94. The topological polar surface area (TPSA) is 52.7 Å². The lowest BCUT2D eigenvalue weighted by molar-refractivity contribution is 0.159. The molecular formula is C13H23N3O2S2. The zero-order valence-electron chi connectivity index (χ0n) is 12.3. The van der Waals surface area contributed by atoms with Crippen molar-refractivity contribution in [3.8, 4) is 0 Å². The van der Waals surface area contributed by atoms with Crippen LogP contribution in [0.5, 0.6) is 0 Å². The number of rotatable bonds is 5. The molecule has 0 radical (unpaired) electrons. The summed E-state index contributed by atoms with van der Waals surface area (Å²) in [5.41, 5.74) is 0. The Kier molecular flexibility index (Phi) is 5.19. The molecular weight excluding hydrogens is 294 g/mol. The van der Waals surface area contributed by atoms with Crippen LogP contribution in [-0.4, -0.2) is 56.9 Å². The molecule has 0 spiro atoms. The summed E-state index contributed by atoms with van der Waals surface area (Å²) in [6, 6.07) is 1.99. The number of nitrogens with zero attached hydrogens (tertiary/aromatic N) is 2. The molecule has 1 saturated heterocycles. The molecule has 1 unspecified atom stereocenters. The Morgan fingerprint density at radius 1 is 1.45 bits per heavy atom. The van der Waals surface area contributed by atoms with Crippen molar-refractivity contribution in [1.29, 1.82) is 0 Å². The van der Waals surface area contributed by atoms with Crippen LogP contribution in [0.3, 0.4) is 0 Å². The second-order valence-corrected chi connectivity index (χ2v) is 8.09. The molecule has 7 heteroatoms. The maximum atomic E-state index is 12.8. The normalized spacial score (nSPS) is 22.2. The van der Waals surface area contributed by atoms with Crippen molar-refractivity contribution in [2.75, 3.05) is 33.2 Å². The van der Waals surface area contributed by atoms with Crippen LogP contribution in [0.4, 0.5) is 0 Å². The van der Waals surface area contributed by atoms with Crippen molar-refractivity contribution >= 4 is 21.4 Å². The van der Waals surface area contributed by atoms with Crippen LogP contribution in [-0.2, 0) is 16.6 Å². The Morgan fingerprint density at radius 3 is 2.85 bits per heavy atom. The molecule has 0 bridgehead atoms. The molecule has 5 nitrogen and oxygen atoms in total. The number of likely N-dealkylation sites (N-methyl/N-ethyl adjacent to an activating group) is 1. The smallest absolute Gasteiger partial charge is 0.244 e. The van der Waals surface area contributed by atoms with E-state index in [1.54, 1.807) is 10.4 Å². The lowest BCUT2D eigenvalue weighted by atomic mass is 10.2. The predicted octanol–water partition coefficient (Wildman–Crippen LogP) is 1.18. The summed E-state index contributed by atoms with van der Waals surface area (Å²) in [7, 11) is -1.32. The Morgan fingerprint density at radius 2 is 2.20 bits per heavy atom. The minimum atomic E-state index is -3.36. The summed E-state index contributed by atoms with van der Waals surface area (Å²) in [5.74, 6) is 0. The SMILES string of the molecule is CCNCc1sccc1S(=O)(=O)N1CCN(C)C(C)C1. The lowest BCUT2D eigenvalue weighted by Gasteiger charge is -2.36. The van der Waals surface area contributed by atoms with E-state index in [1.165, 1.54) is 11.3 Å². The van der Waals surface area contributed by atoms with Crippen LogP contribution < -0.4 is 5.32 Å². The summed E-state index contributed by atoms with van der Waals surface area (Å²) in [6.45, 7) is 7.45. The van der Waals surface area contributed by atoms with Gasteiger partial charge in [-0.15, -0.1) is 11.3 Å². The van der Waals surface area contributed by atoms with Gasteiger partial charge in [-0.1, -0.05) is 6.92 Å². The standard InChI is InChI=1S/C13H23N3O2S2/c1-4-14-9-12-13(5-8-19-12)20(17,18)16-7-6-15(3)11(2)10-16/h5,8,11,14H,4,6-7,9-10H2,1-3H3. The van der Waals surface area contributed by atoms with E-state index in [9.17, 15) is 8.42 Å². The molecule has 0 aromatic carbocycles. The van der Waals surface area contributed by atoms with Gasteiger partial charge in [-0.25, -0.2) is 8.42 Å². The monoisotopic (exact) mass is 317 g/mol. The molecule has 1 aromatic rings. The molecule has 1 aromatic heterocycles. The van der Waals surface area contributed by atoms with Crippen molar-refractivity contribution < 1.29 is 8.42 Å². The van der Waals surface area contributed by atoms with Gasteiger partial charge in [0.15, 0.2) is 0 Å². The second-order valence-electron chi connectivity index (χ2n) is 5.18. The molecule has 0 amide bonds. The minimum Gasteiger partial charge on any atom is -0.312 e. The molecule has 1 aliphatic rings. The van der Waals surface area contributed by atoms with Gasteiger partial charge in [-0.3, -0.25) is 0 Å². The maximum absolute atomic E-state index is 12.8. The minimum absolute atomic E-state index is 0.259. The molecule has 2 rings (SSSR count). The summed E-state index contributed by atoms with van der Waals surface area (Å²) >= 11 is 1.50. The number of thiophene rings is 1. The van der Waals surface area contributed by atoms with E-state index in [1.807, 2.05) is 19.4 Å². The van der Waals surface area contributed by atoms with E-state index in [0.717, 1.165) is 18.0 Å². The highest BCUT2D eigenvalue weighted by Gasteiger charge is 2.32. The number of hydrogen-bond donors (Lipinski definition) is 1. The number of piperazine rings is 1. The number of hydrogen-bond acceptors (Lipinski definition) is 5. The fourth-order valence-electron chi connectivity index (χ4n) is 2.30. The Balaban J connectivity index is 2.20. The van der Waals surface area contributed by atoms with Gasteiger partial charge in [-0.2, -0.15) is 4.31 Å². The van der Waals surface area contributed by atoms with Crippen LogP contribution in [0.2, 0.25) is 0 Å². The predicted molar refractivity (Wildman–Crippen MR) is 82.6 cm³/mol. The third-order valence-electron chi connectivity index (χ3n) is 3.78. The first-order chi connectivity index (χ1) is 9.46. The van der Waals surface area contributed by atoms with Crippen molar-refractivity contribution in [3.05, 3.63) is 16.3 Å². The quantitative estimate of drug-likeness (QED) is 0.886. The third kappa shape index (κ3) is 3.23. The molecule has 1 atom stereocenters. The molecule has 1 fully saturated rings. The Hall–Kier alpha value is -0.470. The van der Waals surface area contributed by atoms with Crippen LogP contribution in [0.15, 0.2) is 16.3 Å². The zero-order valence-corrected chi connectivity index (χ0v) is 13.9. The van der Waals surface area contributed by atoms with Crippen molar-refractivity contribution in [2.24, 2.45) is 0 Å². The first-order valence-corrected chi connectivity index (χ1v) is 9.26. The van der Waals surface area contributed by atoms with Crippen LogP contribution in [0.25, 0.3) is 0 Å². The van der Waals surface area contributed by atoms with Gasteiger partial charge in [0.2, 0.25) is 10.0 Å². The fourth-order valence-corrected chi connectivity index (χ4v) is 5.19. The van der Waals surface area contributed by atoms with E-state index in [2.05, 4.69) is 17.1 Å². The Labute approximate surface area is 125 Å². The lowest BCUT2D eigenvalue weighted by Crippen LogP contribution is -2.51. The van der Waals surface area contributed by atoms with Gasteiger partial charge in [-0.05, 0) is 32.0 Å². The van der Waals surface area contributed by atoms with Crippen molar-refractivity contribution in [1.82, 2.24) is 14.5 Å². The number of sulfonamides is 1. The average Bonchev–Trinajstić information content (AvgIpc) is 2.88. The van der Waals surface area contributed by atoms with Crippen LogP contribution in [0, 0.1) is 0 Å². The fraction of sp³-hybridized carbons (Fsp3) is 0.692. The average molecular weight is 317 g/mol. The molecule has 20 heavy (non-hydrogen) atoms. The molecule has 1 N–H and O–H groups in total. The van der Waals surface area contributed by atoms with Gasteiger partial charge in [0.05, 0.1) is 4.90 Å². The summed E-state index contributed by atoms with van der Waals surface area (Å²) in [5, 5.41) is 5.06. The molecule has 1 aliphatic heterocycles. The van der Waals surface area contributed by atoms with Crippen molar-refractivity contribution in [3.63, 3.8) is 0 Å². The summed E-state index contributed by atoms with van der Waals surface area (Å²) in [4.78, 5) is 3.57. The molecule has 0 saturated carbocycles. The second kappa shape index (κ2) is 6.53. The van der Waals surface area contributed by atoms with E-state index in [4.69, 9.17) is 0 Å². The van der Waals surface area contributed by atoms with Gasteiger partial charge in [0, 0.05) is 37.1 Å². The van der Waals surface area contributed by atoms with Crippen molar-refractivity contribution in [2.45, 2.75) is 31.3 Å². The van der Waals surface area contributed by atoms with Crippen LogP contribution >= 0.6 is 11.3 Å². The maximum Gasteiger partial charge on any atom is 0.244 e. The highest BCUT2D eigenvalue weighted by molar-refractivity contribution is 7.89. The van der Waals surface area contributed by atoms with Gasteiger partial charge in [0.1, 0.15) is 0 Å². The third-order valence-corrected chi connectivity index (χ3v) is 6.78. The van der Waals surface area contributed by atoms with E-state index in [0.29, 0.717) is 24.5 Å². The summed E-state index contributed by atoms with van der Waals surface area (Å²) < 4.78 is 27.2. The van der Waals surface area contributed by atoms with E-state index in [-0.39, 0.29) is 6.04 Å². The Bertz CT molecular complexity index is 542. The van der Waals surface area contributed by atoms with Gasteiger partial charge >= 0.3 is 0 Å². The molecule has 0 aliphatic carbocycles. The number of nitrogens with one attached hydrogen (secondary N) is 1. The largest absolute Gasteiger partial charge is 0.312 e. The van der Waals surface area contributed by atoms with Gasteiger partial charge < -0.3 is 10.2 Å². The molecule has 2 heterocycles. The summed E-state index contributed by atoms with van der Waals surface area (Å²) in [6.07, 6.45) is 0. The van der Waals surface area contributed by atoms with E-state index < -0.39 is 10.0 Å². The van der Waals surface area contributed by atoms with Crippen LogP contribution in [0.1, 0.15) is 18.7 Å². The van der Waals surface area contributed by atoms with Gasteiger partial charge in [0.25, 0.3) is 0 Å². The highest BCUT2D eigenvalue weighted by atomic mass is 32.2. The first kappa shape index (κ1) is 15.9. The van der Waals surface area contributed by atoms with E-state index >= 15 is 0 Å². The zero-order chi connectivity index (χ0) is 14.8. The molecule has 114 valence electrons. The highest BCUT2D eigenvalue weighted by Crippen LogP contribution is 2.26.